The second-order valence-electron chi connectivity index (χ2n) is 11.0. The third-order valence-electron chi connectivity index (χ3n) is 6.74. The number of carbonyl (C=O) groups excluding carboxylic acids is 1. The van der Waals surface area contributed by atoms with Gasteiger partial charge in [-0.05, 0) is 89.4 Å². The van der Waals surface area contributed by atoms with Crippen molar-refractivity contribution in [3.05, 3.63) is 65.6 Å². The quantitative estimate of drug-likeness (QED) is 0.345. The van der Waals surface area contributed by atoms with Crippen LogP contribution in [0.25, 0.3) is 33.3 Å². The number of pyridine rings is 2. The van der Waals surface area contributed by atoms with Gasteiger partial charge in [0, 0.05) is 58.4 Å². The van der Waals surface area contributed by atoms with E-state index in [4.69, 9.17) is 9.72 Å². The minimum Gasteiger partial charge on any atom is -0.444 e. The van der Waals surface area contributed by atoms with Gasteiger partial charge in [-0.2, -0.15) is 0 Å². The number of aryl methyl sites for hydroxylation is 3. The first-order valence-electron chi connectivity index (χ1n) is 12.8. The Labute approximate surface area is 218 Å². The smallest absolute Gasteiger partial charge is 0.407 e. The molecule has 1 atom stereocenters. The van der Waals surface area contributed by atoms with Crippen LogP contribution in [0, 0.1) is 20.8 Å². The molecule has 2 N–H and O–H groups in total. The Kier molecular flexibility index (Phi) is 6.40. The summed E-state index contributed by atoms with van der Waals surface area (Å²) in [5.41, 5.74) is 8.37. The van der Waals surface area contributed by atoms with Crippen LogP contribution in [0.2, 0.25) is 0 Å². The summed E-state index contributed by atoms with van der Waals surface area (Å²) in [5.74, 6) is 0.916. The fourth-order valence-corrected chi connectivity index (χ4v) is 5.09. The molecule has 7 heteroatoms. The van der Waals surface area contributed by atoms with Gasteiger partial charge in [-0.1, -0.05) is 12.1 Å². The number of benzene rings is 1. The molecule has 1 amide bonds. The van der Waals surface area contributed by atoms with Gasteiger partial charge in [0.05, 0.1) is 6.04 Å². The fourth-order valence-electron chi connectivity index (χ4n) is 5.09. The molecule has 4 aromatic rings. The Hall–Kier alpha value is -3.87. The first-order chi connectivity index (χ1) is 17.6. The van der Waals surface area contributed by atoms with Gasteiger partial charge >= 0.3 is 6.09 Å². The molecule has 4 heterocycles. The van der Waals surface area contributed by atoms with Crippen molar-refractivity contribution in [2.75, 3.05) is 18.0 Å². The van der Waals surface area contributed by atoms with Gasteiger partial charge in [0.2, 0.25) is 0 Å². The number of amides is 1. The van der Waals surface area contributed by atoms with Crippen molar-refractivity contribution in [1.82, 2.24) is 20.3 Å². The Balaban J connectivity index is 1.31. The minimum absolute atomic E-state index is 0.0528. The maximum Gasteiger partial charge on any atom is 0.407 e. The SMILES string of the molecule is Cc1cc(-c2[nH]c3cc(-c4ccc(N5CC[C@@H](NC(=O)OC(C)(C)C)C5)nc4)ccc3c2C)cc(C)n1. The van der Waals surface area contributed by atoms with Gasteiger partial charge in [-0.25, -0.2) is 9.78 Å². The molecule has 1 fully saturated rings. The number of rotatable bonds is 4. The highest BCUT2D eigenvalue weighted by molar-refractivity contribution is 5.93. The Bertz CT molecular complexity index is 1430. The van der Waals surface area contributed by atoms with Gasteiger partial charge in [-0.15, -0.1) is 0 Å². The second-order valence-corrected chi connectivity index (χ2v) is 11.0. The number of aromatic amines is 1. The highest BCUT2D eigenvalue weighted by Crippen LogP contribution is 2.33. The van der Waals surface area contributed by atoms with E-state index in [1.807, 2.05) is 40.8 Å². The number of fused-ring (bicyclic) bond motifs is 1. The van der Waals surface area contributed by atoms with Crippen molar-refractivity contribution < 1.29 is 9.53 Å². The highest BCUT2D eigenvalue weighted by atomic mass is 16.6. The topological polar surface area (TPSA) is 83.1 Å². The number of hydrogen-bond donors (Lipinski definition) is 2. The maximum atomic E-state index is 12.1. The van der Waals surface area contributed by atoms with Crippen molar-refractivity contribution >= 4 is 22.8 Å². The van der Waals surface area contributed by atoms with E-state index in [0.717, 1.165) is 64.6 Å². The third kappa shape index (κ3) is 5.45. The van der Waals surface area contributed by atoms with Crippen LogP contribution in [-0.4, -0.2) is 45.8 Å². The second kappa shape index (κ2) is 9.54. The molecular weight excluding hydrogens is 462 g/mol. The molecule has 1 aliphatic heterocycles. The molecule has 0 spiro atoms. The molecule has 1 aliphatic rings. The van der Waals surface area contributed by atoms with E-state index in [1.54, 1.807) is 0 Å². The monoisotopic (exact) mass is 497 g/mol. The molecule has 0 unspecified atom stereocenters. The van der Waals surface area contributed by atoms with Crippen molar-refractivity contribution in [3.63, 3.8) is 0 Å². The zero-order chi connectivity index (χ0) is 26.3. The number of aromatic nitrogens is 3. The van der Waals surface area contributed by atoms with Crippen molar-refractivity contribution in [2.45, 2.75) is 59.6 Å². The zero-order valence-corrected chi connectivity index (χ0v) is 22.5. The highest BCUT2D eigenvalue weighted by Gasteiger charge is 2.27. The van der Waals surface area contributed by atoms with Gasteiger partial charge in [-0.3, -0.25) is 4.98 Å². The Morgan fingerprint density at radius 2 is 1.76 bits per heavy atom. The summed E-state index contributed by atoms with van der Waals surface area (Å²) in [6.45, 7) is 13.4. The summed E-state index contributed by atoms with van der Waals surface area (Å²) in [5, 5.41) is 4.19. The minimum atomic E-state index is -0.500. The van der Waals surface area contributed by atoms with Crippen LogP contribution < -0.4 is 10.2 Å². The summed E-state index contributed by atoms with van der Waals surface area (Å²) in [7, 11) is 0. The maximum absolute atomic E-state index is 12.1. The molecule has 1 aromatic carbocycles. The molecule has 5 rings (SSSR count). The van der Waals surface area contributed by atoms with Crippen LogP contribution in [0.1, 0.15) is 44.1 Å². The zero-order valence-electron chi connectivity index (χ0n) is 22.5. The van der Waals surface area contributed by atoms with Crippen molar-refractivity contribution in [3.8, 4) is 22.4 Å². The molecule has 1 saturated heterocycles. The van der Waals surface area contributed by atoms with Gasteiger partial charge < -0.3 is 19.9 Å². The summed E-state index contributed by atoms with van der Waals surface area (Å²) in [4.78, 5) is 27.2. The predicted octanol–water partition coefficient (Wildman–Crippen LogP) is 6.32. The number of nitrogens with one attached hydrogen (secondary N) is 2. The average molecular weight is 498 g/mol. The first-order valence-corrected chi connectivity index (χ1v) is 12.8. The van der Waals surface area contributed by atoms with E-state index < -0.39 is 5.60 Å². The molecular formula is C30H35N5O2. The fraction of sp³-hybridized carbons (Fsp3) is 0.367. The molecule has 192 valence electrons. The number of anilines is 1. The van der Waals surface area contributed by atoms with E-state index >= 15 is 0 Å². The largest absolute Gasteiger partial charge is 0.444 e. The van der Waals surface area contributed by atoms with Crippen LogP contribution in [0.4, 0.5) is 10.6 Å². The molecule has 37 heavy (non-hydrogen) atoms. The Morgan fingerprint density at radius 3 is 2.43 bits per heavy atom. The van der Waals surface area contributed by atoms with E-state index in [-0.39, 0.29) is 12.1 Å². The van der Waals surface area contributed by atoms with E-state index in [2.05, 4.69) is 69.6 Å². The van der Waals surface area contributed by atoms with Gasteiger partial charge in [0.1, 0.15) is 11.4 Å². The molecule has 0 radical (unpaired) electrons. The summed E-state index contributed by atoms with van der Waals surface area (Å²) in [6, 6.07) is 15.0. The lowest BCUT2D eigenvalue weighted by Crippen LogP contribution is -2.40. The lowest BCUT2D eigenvalue weighted by Gasteiger charge is -2.22. The summed E-state index contributed by atoms with van der Waals surface area (Å²) in [6.07, 6.45) is 2.43. The van der Waals surface area contributed by atoms with Crippen LogP contribution in [0.15, 0.2) is 48.7 Å². The normalized spacial score (nSPS) is 15.8. The lowest BCUT2D eigenvalue weighted by atomic mass is 10.0. The van der Waals surface area contributed by atoms with Crippen LogP contribution in [-0.2, 0) is 4.74 Å². The number of nitrogens with zero attached hydrogens (tertiary/aromatic N) is 3. The average Bonchev–Trinajstić information content (AvgIpc) is 3.41. The lowest BCUT2D eigenvalue weighted by molar-refractivity contribution is 0.0509. The molecule has 0 bridgehead atoms. The molecule has 7 nitrogen and oxygen atoms in total. The summed E-state index contributed by atoms with van der Waals surface area (Å²) >= 11 is 0. The van der Waals surface area contributed by atoms with Crippen molar-refractivity contribution in [1.29, 1.82) is 0 Å². The number of ether oxygens (including phenoxy) is 1. The van der Waals surface area contributed by atoms with Crippen LogP contribution in [0.3, 0.4) is 0 Å². The predicted molar refractivity (Wildman–Crippen MR) is 149 cm³/mol. The first kappa shape index (κ1) is 24.8. The van der Waals surface area contributed by atoms with Crippen molar-refractivity contribution in [2.24, 2.45) is 0 Å². The van der Waals surface area contributed by atoms with E-state index in [9.17, 15) is 4.79 Å². The number of hydrogen-bond acceptors (Lipinski definition) is 5. The molecule has 0 saturated carbocycles. The Morgan fingerprint density at radius 1 is 1.03 bits per heavy atom. The van der Waals surface area contributed by atoms with E-state index in [0.29, 0.717) is 0 Å². The van der Waals surface area contributed by atoms with Crippen LogP contribution >= 0.6 is 0 Å². The van der Waals surface area contributed by atoms with Gasteiger partial charge in [0.25, 0.3) is 0 Å². The third-order valence-corrected chi connectivity index (χ3v) is 6.74. The molecule has 0 aliphatic carbocycles. The van der Waals surface area contributed by atoms with E-state index in [1.165, 1.54) is 10.9 Å². The standard InChI is InChI=1S/C30H35N5O2/c1-18-13-23(14-19(2)32-18)28-20(3)25-9-7-21(15-26(25)34-28)22-8-10-27(31-16-22)35-12-11-24(17-35)33-29(36)37-30(4,5)6/h7-10,13-16,24,34H,11-12,17H2,1-6H3,(H,33,36)/t24-/m1/s1. The summed E-state index contributed by atoms with van der Waals surface area (Å²) < 4.78 is 5.39. The number of carbonyl (C=O) groups is 1. The molecule has 3 aromatic heterocycles. The van der Waals surface area contributed by atoms with Crippen LogP contribution in [0.5, 0.6) is 0 Å². The van der Waals surface area contributed by atoms with Gasteiger partial charge in [0.15, 0.2) is 0 Å². The number of H-pyrrole nitrogens is 1. The number of alkyl carbamates (subject to hydrolysis) is 1.